The molecule has 1 heterocycles. The summed E-state index contributed by atoms with van der Waals surface area (Å²) in [4.78, 5) is 16.3. The van der Waals surface area contributed by atoms with Crippen LogP contribution < -0.4 is 16.8 Å². The maximum absolute atomic E-state index is 12.6. The van der Waals surface area contributed by atoms with Gasteiger partial charge in [0.1, 0.15) is 0 Å². The standard InChI is InChI=1S/C20H22ClN5O3S/c21-16-5-1-14(2-6-16)10-12-30(28,29)26-11-9-18(13-26)24-19(27)15-3-7-17(8-4-15)25-20(22)23/h1-8,10,12,18H,9,11,13H2,(H,24,27)(H4,22,23,25)/b12-10+. The van der Waals surface area contributed by atoms with Gasteiger partial charge < -0.3 is 16.8 Å². The highest BCUT2D eigenvalue weighted by molar-refractivity contribution is 7.92. The largest absolute Gasteiger partial charge is 0.370 e. The van der Waals surface area contributed by atoms with Crippen LogP contribution >= 0.6 is 11.6 Å². The van der Waals surface area contributed by atoms with Crippen LogP contribution in [0.25, 0.3) is 6.08 Å². The Morgan fingerprint density at radius 2 is 1.80 bits per heavy atom. The minimum Gasteiger partial charge on any atom is -0.370 e. The number of rotatable bonds is 6. The molecule has 2 aromatic carbocycles. The Labute approximate surface area is 180 Å². The van der Waals surface area contributed by atoms with E-state index in [1.165, 1.54) is 15.8 Å². The van der Waals surface area contributed by atoms with E-state index in [4.69, 9.17) is 23.1 Å². The first-order valence-electron chi connectivity index (χ1n) is 9.17. The summed E-state index contributed by atoms with van der Waals surface area (Å²) >= 11 is 5.83. The molecule has 0 bridgehead atoms. The lowest BCUT2D eigenvalue weighted by Gasteiger charge is -2.15. The van der Waals surface area contributed by atoms with E-state index in [1.807, 2.05) is 0 Å². The lowest BCUT2D eigenvalue weighted by Crippen LogP contribution is -2.38. The normalized spacial score (nSPS) is 17.2. The van der Waals surface area contributed by atoms with Gasteiger partial charge >= 0.3 is 0 Å². The molecule has 30 heavy (non-hydrogen) atoms. The summed E-state index contributed by atoms with van der Waals surface area (Å²) in [5.41, 5.74) is 12.4. The minimum atomic E-state index is -3.59. The van der Waals surface area contributed by atoms with Crippen molar-refractivity contribution in [2.45, 2.75) is 12.5 Å². The van der Waals surface area contributed by atoms with Gasteiger partial charge in [-0.1, -0.05) is 23.7 Å². The van der Waals surface area contributed by atoms with Crippen LogP contribution in [-0.2, 0) is 10.0 Å². The van der Waals surface area contributed by atoms with Gasteiger partial charge in [-0.05, 0) is 54.5 Å². The average molecular weight is 448 g/mol. The predicted molar refractivity (Wildman–Crippen MR) is 119 cm³/mol. The second-order valence-electron chi connectivity index (χ2n) is 6.80. The summed E-state index contributed by atoms with van der Waals surface area (Å²) in [6.07, 6.45) is 2.06. The SMILES string of the molecule is NC(N)=Nc1ccc(C(=O)NC2CCN(S(=O)(=O)/C=C/c3ccc(Cl)cc3)C2)cc1. The van der Waals surface area contributed by atoms with Crippen LogP contribution in [0.5, 0.6) is 0 Å². The van der Waals surface area contributed by atoms with Crippen molar-refractivity contribution < 1.29 is 13.2 Å². The van der Waals surface area contributed by atoms with Gasteiger partial charge in [0, 0.05) is 35.1 Å². The molecule has 0 aliphatic carbocycles. The number of benzene rings is 2. The summed E-state index contributed by atoms with van der Waals surface area (Å²) < 4.78 is 26.5. The fraction of sp³-hybridized carbons (Fsp3) is 0.200. The van der Waals surface area contributed by atoms with E-state index >= 15 is 0 Å². The van der Waals surface area contributed by atoms with Crippen LogP contribution in [0.2, 0.25) is 5.02 Å². The van der Waals surface area contributed by atoms with Gasteiger partial charge in [-0.25, -0.2) is 13.4 Å². The number of carbonyl (C=O) groups is 1. The molecule has 0 aromatic heterocycles. The molecule has 1 amide bonds. The number of aliphatic imine (C=N–C) groups is 1. The molecule has 1 unspecified atom stereocenters. The Bertz CT molecular complexity index is 1060. The van der Waals surface area contributed by atoms with Gasteiger partial charge in [0.05, 0.1) is 5.69 Å². The van der Waals surface area contributed by atoms with E-state index in [2.05, 4.69) is 10.3 Å². The molecule has 10 heteroatoms. The molecule has 8 nitrogen and oxygen atoms in total. The predicted octanol–water partition coefficient (Wildman–Crippen LogP) is 2.05. The second kappa shape index (κ2) is 9.29. The molecular weight excluding hydrogens is 426 g/mol. The smallest absolute Gasteiger partial charge is 0.251 e. The van der Waals surface area contributed by atoms with Crippen LogP contribution in [0.3, 0.4) is 0 Å². The molecule has 2 aromatic rings. The summed E-state index contributed by atoms with van der Waals surface area (Å²) in [6.45, 7) is 0.548. The number of halogens is 1. The van der Waals surface area contributed by atoms with Gasteiger partial charge in [0.15, 0.2) is 5.96 Å². The van der Waals surface area contributed by atoms with E-state index in [0.717, 1.165) is 5.56 Å². The summed E-state index contributed by atoms with van der Waals surface area (Å²) in [7, 11) is -3.59. The lowest BCUT2D eigenvalue weighted by molar-refractivity contribution is 0.0939. The molecular formula is C20H22ClN5O3S. The van der Waals surface area contributed by atoms with Gasteiger partial charge in [-0.2, -0.15) is 4.31 Å². The minimum absolute atomic E-state index is 0.0652. The number of hydrogen-bond donors (Lipinski definition) is 3. The monoisotopic (exact) mass is 447 g/mol. The highest BCUT2D eigenvalue weighted by Crippen LogP contribution is 2.18. The van der Waals surface area contributed by atoms with Crippen molar-refractivity contribution in [3.63, 3.8) is 0 Å². The first-order chi connectivity index (χ1) is 14.2. The van der Waals surface area contributed by atoms with Crippen molar-refractivity contribution in [2.75, 3.05) is 13.1 Å². The third-order valence-corrected chi connectivity index (χ3v) is 6.32. The number of sulfonamides is 1. The molecule has 1 aliphatic rings. The van der Waals surface area contributed by atoms with Crippen LogP contribution in [0, 0.1) is 0 Å². The van der Waals surface area contributed by atoms with E-state index < -0.39 is 10.0 Å². The topological polar surface area (TPSA) is 131 Å². The lowest BCUT2D eigenvalue weighted by atomic mass is 10.1. The zero-order chi connectivity index (χ0) is 21.7. The van der Waals surface area contributed by atoms with Crippen molar-refractivity contribution in [3.8, 4) is 0 Å². The van der Waals surface area contributed by atoms with Gasteiger partial charge in [0.2, 0.25) is 10.0 Å². The van der Waals surface area contributed by atoms with Gasteiger partial charge in [0.25, 0.3) is 5.91 Å². The maximum atomic E-state index is 12.6. The summed E-state index contributed by atoms with van der Waals surface area (Å²) in [5, 5.41) is 4.62. The Balaban J connectivity index is 1.58. The molecule has 1 aliphatic heterocycles. The van der Waals surface area contributed by atoms with E-state index in [-0.39, 0.29) is 24.5 Å². The van der Waals surface area contributed by atoms with Crippen molar-refractivity contribution in [2.24, 2.45) is 16.5 Å². The van der Waals surface area contributed by atoms with Gasteiger partial charge in [-0.3, -0.25) is 4.79 Å². The highest BCUT2D eigenvalue weighted by atomic mass is 35.5. The first-order valence-corrected chi connectivity index (χ1v) is 11.1. The third kappa shape index (κ3) is 5.82. The molecule has 1 saturated heterocycles. The maximum Gasteiger partial charge on any atom is 0.251 e. The second-order valence-corrected chi connectivity index (χ2v) is 9.05. The molecule has 0 saturated carbocycles. The molecule has 0 spiro atoms. The van der Waals surface area contributed by atoms with Crippen LogP contribution in [0.15, 0.2) is 58.9 Å². The van der Waals surface area contributed by atoms with Crippen LogP contribution in [0.1, 0.15) is 22.3 Å². The number of hydrogen-bond acceptors (Lipinski definition) is 4. The van der Waals surface area contributed by atoms with Crippen LogP contribution in [-0.4, -0.2) is 43.7 Å². The molecule has 1 atom stereocenters. The summed E-state index contributed by atoms with van der Waals surface area (Å²) in [5.74, 6) is -0.350. The molecule has 3 rings (SSSR count). The fourth-order valence-corrected chi connectivity index (χ4v) is 4.38. The highest BCUT2D eigenvalue weighted by Gasteiger charge is 2.30. The van der Waals surface area contributed by atoms with E-state index in [1.54, 1.807) is 48.5 Å². The van der Waals surface area contributed by atoms with Crippen molar-refractivity contribution in [1.82, 2.24) is 9.62 Å². The van der Waals surface area contributed by atoms with Crippen LogP contribution in [0.4, 0.5) is 5.69 Å². The Morgan fingerprint density at radius 3 is 2.43 bits per heavy atom. The fourth-order valence-electron chi connectivity index (χ4n) is 3.01. The number of carbonyl (C=O) groups excluding carboxylic acids is 1. The number of guanidine groups is 1. The molecule has 1 fully saturated rings. The molecule has 158 valence electrons. The Hall–Kier alpha value is -2.88. The molecule has 0 radical (unpaired) electrons. The van der Waals surface area contributed by atoms with Gasteiger partial charge in [-0.15, -0.1) is 0 Å². The summed E-state index contributed by atoms with van der Waals surface area (Å²) in [6, 6.07) is 13.1. The number of nitrogens with zero attached hydrogens (tertiary/aromatic N) is 2. The number of nitrogens with two attached hydrogens (primary N) is 2. The number of amides is 1. The number of nitrogens with one attached hydrogen (secondary N) is 1. The van der Waals surface area contributed by atoms with Crippen molar-refractivity contribution in [1.29, 1.82) is 0 Å². The molecule has 5 N–H and O–H groups in total. The first kappa shape index (κ1) is 21.8. The average Bonchev–Trinajstić information content (AvgIpc) is 3.17. The van der Waals surface area contributed by atoms with E-state index in [0.29, 0.717) is 29.2 Å². The van der Waals surface area contributed by atoms with E-state index in [9.17, 15) is 13.2 Å². The zero-order valence-corrected chi connectivity index (χ0v) is 17.6. The van der Waals surface area contributed by atoms with Crippen molar-refractivity contribution >= 4 is 45.3 Å². The third-order valence-electron chi connectivity index (χ3n) is 4.54. The zero-order valence-electron chi connectivity index (χ0n) is 16.0. The van der Waals surface area contributed by atoms with Crippen molar-refractivity contribution in [3.05, 3.63) is 70.1 Å². The Morgan fingerprint density at radius 1 is 1.13 bits per heavy atom. The quantitative estimate of drug-likeness (QED) is 0.460. The Kier molecular flexibility index (Phi) is 6.76.